The highest BCUT2D eigenvalue weighted by Crippen LogP contribution is 2.37. The number of fused-ring (bicyclic) bond motifs is 2. The molecule has 0 spiro atoms. The maximum atomic E-state index is 13.3. The van der Waals surface area contributed by atoms with Crippen LogP contribution in [0.2, 0.25) is 0 Å². The molecule has 0 radical (unpaired) electrons. The van der Waals surface area contributed by atoms with Crippen molar-refractivity contribution in [2.45, 2.75) is 38.6 Å². The zero-order valence-corrected chi connectivity index (χ0v) is 19.2. The van der Waals surface area contributed by atoms with Gasteiger partial charge in [0.15, 0.2) is 0 Å². The minimum atomic E-state index is -0.385. The second-order valence-electron chi connectivity index (χ2n) is 7.94. The molecule has 33 heavy (non-hydrogen) atoms. The molecule has 1 aromatic carbocycles. The second-order valence-corrected chi connectivity index (χ2v) is 9.91. The monoisotopic (exact) mass is 478 g/mol. The van der Waals surface area contributed by atoms with Crippen LogP contribution in [-0.4, -0.2) is 15.5 Å². The maximum Gasteiger partial charge on any atom is 0.263 e. The molecule has 0 saturated carbocycles. The first kappa shape index (κ1) is 21.5. The predicted octanol–water partition coefficient (Wildman–Crippen LogP) is 5.10. The van der Waals surface area contributed by atoms with E-state index in [1.54, 1.807) is 12.1 Å². The van der Waals surface area contributed by atoms with E-state index in [1.807, 2.05) is 5.38 Å². The average molecular weight is 479 g/mol. The summed E-state index contributed by atoms with van der Waals surface area (Å²) in [6, 6.07) is 8.17. The molecule has 5 rings (SSSR count). The molecular weight excluding hydrogens is 459 g/mol. The molecule has 1 aliphatic carbocycles. The van der Waals surface area contributed by atoms with Gasteiger partial charge >= 0.3 is 0 Å². The lowest BCUT2D eigenvalue weighted by Gasteiger charge is -2.07. The fourth-order valence-corrected chi connectivity index (χ4v) is 6.35. The van der Waals surface area contributed by atoms with Gasteiger partial charge in [0.25, 0.3) is 5.56 Å². The number of carbonyl (C=O) groups is 1. The lowest BCUT2D eigenvalue weighted by Crippen LogP contribution is -2.27. The van der Waals surface area contributed by atoms with Crippen molar-refractivity contribution >= 4 is 43.8 Å². The van der Waals surface area contributed by atoms with Crippen molar-refractivity contribution in [1.82, 2.24) is 9.55 Å². The van der Waals surface area contributed by atoms with Crippen molar-refractivity contribution in [3.05, 3.63) is 68.1 Å². The quantitative estimate of drug-likeness (QED) is 0.413. The largest absolute Gasteiger partial charge is 0.315 e. The van der Waals surface area contributed by atoms with E-state index in [4.69, 9.17) is 0 Å². The fraction of sp³-hybridized carbons (Fsp3) is 0.250. The molecule has 0 fully saturated rings. The third kappa shape index (κ3) is 4.08. The van der Waals surface area contributed by atoms with Crippen LogP contribution in [0, 0.1) is 17.1 Å². The van der Waals surface area contributed by atoms with Crippen LogP contribution in [0.25, 0.3) is 21.3 Å². The summed E-state index contributed by atoms with van der Waals surface area (Å²) in [6.45, 7) is -0.214. The van der Waals surface area contributed by atoms with Gasteiger partial charge in [0.05, 0.1) is 17.3 Å². The third-order valence-corrected chi connectivity index (χ3v) is 7.91. The van der Waals surface area contributed by atoms with Crippen molar-refractivity contribution in [3.63, 3.8) is 0 Å². The van der Waals surface area contributed by atoms with Crippen LogP contribution >= 0.6 is 22.7 Å². The van der Waals surface area contributed by atoms with Gasteiger partial charge in [0.2, 0.25) is 5.91 Å². The van der Waals surface area contributed by atoms with Gasteiger partial charge in [-0.3, -0.25) is 14.2 Å². The Labute approximate surface area is 197 Å². The summed E-state index contributed by atoms with van der Waals surface area (Å²) >= 11 is 2.79. The number of aryl methyl sites for hydroxylation is 1. The lowest BCUT2D eigenvalue weighted by molar-refractivity contribution is -0.116. The Morgan fingerprint density at radius 3 is 2.79 bits per heavy atom. The zero-order valence-electron chi connectivity index (χ0n) is 17.6. The molecule has 1 amide bonds. The number of hydrogen-bond acceptors (Lipinski definition) is 6. The molecule has 1 N–H and O–H groups in total. The van der Waals surface area contributed by atoms with E-state index in [-0.39, 0.29) is 23.8 Å². The number of halogens is 1. The van der Waals surface area contributed by atoms with Crippen LogP contribution in [0.15, 0.2) is 40.8 Å². The number of hydrogen-bond donors (Lipinski definition) is 1. The fourth-order valence-electron chi connectivity index (χ4n) is 4.19. The van der Waals surface area contributed by atoms with Crippen molar-refractivity contribution in [2.24, 2.45) is 0 Å². The number of nitriles is 1. The average Bonchev–Trinajstić information content (AvgIpc) is 3.30. The van der Waals surface area contributed by atoms with Crippen LogP contribution in [0.5, 0.6) is 0 Å². The summed E-state index contributed by atoms with van der Waals surface area (Å²) in [6.07, 6.45) is 6.43. The highest BCUT2D eigenvalue weighted by atomic mass is 32.1. The predicted molar refractivity (Wildman–Crippen MR) is 128 cm³/mol. The molecule has 166 valence electrons. The first-order valence-corrected chi connectivity index (χ1v) is 12.3. The van der Waals surface area contributed by atoms with Gasteiger partial charge in [0, 0.05) is 15.8 Å². The Hall–Kier alpha value is -3.35. The molecule has 4 aromatic rings. The number of anilines is 1. The SMILES string of the molecule is N#Cc1c(NC(=O)Cn2cnc3scc(-c4ccc(F)cc4)c3c2=O)sc2c1CCCCC2. The second kappa shape index (κ2) is 8.89. The molecule has 0 atom stereocenters. The Balaban J connectivity index is 1.43. The highest BCUT2D eigenvalue weighted by molar-refractivity contribution is 7.17. The lowest BCUT2D eigenvalue weighted by atomic mass is 10.1. The van der Waals surface area contributed by atoms with Gasteiger partial charge in [-0.05, 0) is 48.9 Å². The van der Waals surface area contributed by atoms with E-state index in [1.165, 1.54) is 50.6 Å². The van der Waals surface area contributed by atoms with E-state index in [9.17, 15) is 19.2 Å². The first-order chi connectivity index (χ1) is 16.0. The van der Waals surface area contributed by atoms with Crippen LogP contribution < -0.4 is 10.9 Å². The zero-order chi connectivity index (χ0) is 22.9. The molecule has 6 nitrogen and oxygen atoms in total. The van der Waals surface area contributed by atoms with E-state index in [2.05, 4.69) is 16.4 Å². The van der Waals surface area contributed by atoms with E-state index in [0.29, 0.717) is 31.9 Å². The van der Waals surface area contributed by atoms with Crippen molar-refractivity contribution in [1.29, 1.82) is 5.26 Å². The molecule has 3 heterocycles. The van der Waals surface area contributed by atoms with Gasteiger partial charge < -0.3 is 5.32 Å². The van der Waals surface area contributed by atoms with Gasteiger partial charge in [-0.15, -0.1) is 22.7 Å². The Morgan fingerprint density at radius 1 is 1.21 bits per heavy atom. The van der Waals surface area contributed by atoms with Crippen LogP contribution in [-0.2, 0) is 24.2 Å². The molecule has 1 aliphatic rings. The molecule has 0 saturated heterocycles. The maximum absolute atomic E-state index is 13.3. The van der Waals surface area contributed by atoms with Gasteiger partial charge in [0.1, 0.15) is 28.3 Å². The summed E-state index contributed by atoms with van der Waals surface area (Å²) in [5.41, 5.74) is 2.64. The van der Waals surface area contributed by atoms with Gasteiger partial charge in [-0.1, -0.05) is 18.6 Å². The minimum Gasteiger partial charge on any atom is -0.315 e. The van der Waals surface area contributed by atoms with Crippen molar-refractivity contribution < 1.29 is 9.18 Å². The van der Waals surface area contributed by atoms with E-state index < -0.39 is 0 Å². The number of amides is 1. The first-order valence-electron chi connectivity index (χ1n) is 10.6. The summed E-state index contributed by atoms with van der Waals surface area (Å²) in [5.74, 6) is -0.738. The minimum absolute atomic E-state index is 0.214. The standard InChI is InChI=1S/C24H19FN4O2S2/c25-15-8-6-14(7-9-15)18-12-32-23-21(18)24(31)29(13-27-23)11-20(30)28-22-17(10-26)16-4-2-1-3-5-19(16)33-22/h6-9,12-13H,1-5,11H2,(H,28,30). The summed E-state index contributed by atoms with van der Waals surface area (Å²) < 4.78 is 14.6. The van der Waals surface area contributed by atoms with Crippen molar-refractivity contribution in [2.75, 3.05) is 5.32 Å². The number of rotatable bonds is 4. The Kier molecular flexibility index (Phi) is 5.79. The summed E-state index contributed by atoms with van der Waals surface area (Å²) in [4.78, 5) is 32.1. The topological polar surface area (TPSA) is 87.8 Å². The summed E-state index contributed by atoms with van der Waals surface area (Å²) in [5, 5.41) is 15.3. The van der Waals surface area contributed by atoms with Gasteiger partial charge in [-0.2, -0.15) is 5.26 Å². The third-order valence-electron chi connectivity index (χ3n) is 5.82. The molecule has 9 heteroatoms. The van der Waals surface area contributed by atoms with Crippen LogP contribution in [0.4, 0.5) is 9.39 Å². The normalized spacial score (nSPS) is 13.3. The molecule has 0 aliphatic heterocycles. The number of aromatic nitrogens is 2. The van der Waals surface area contributed by atoms with E-state index >= 15 is 0 Å². The van der Waals surface area contributed by atoms with Crippen molar-refractivity contribution in [3.8, 4) is 17.2 Å². The number of thiophene rings is 2. The number of benzene rings is 1. The molecular formula is C24H19FN4O2S2. The Bertz CT molecular complexity index is 1460. The van der Waals surface area contributed by atoms with Crippen LogP contribution in [0.1, 0.15) is 35.3 Å². The number of nitrogens with one attached hydrogen (secondary N) is 1. The number of nitrogens with zero attached hydrogens (tertiary/aromatic N) is 3. The van der Waals surface area contributed by atoms with E-state index in [0.717, 1.165) is 37.7 Å². The highest BCUT2D eigenvalue weighted by Gasteiger charge is 2.21. The van der Waals surface area contributed by atoms with Crippen LogP contribution in [0.3, 0.4) is 0 Å². The molecule has 0 bridgehead atoms. The molecule has 3 aromatic heterocycles. The Morgan fingerprint density at radius 2 is 2.00 bits per heavy atom. The smallest absolute Gasteiger partial charge is 0.263 e. The molecule has 0 unspecified atom stereocenters. The summed E-state index contributed by atoms with van der Waals surface area (Å²) in [7, 11) is 0. The van der Waals surface area contributed by atoms with Gasteiger partial charge in [-0.25, -0.2) is 9.37 Å². The number of carbonyl (C=O) groups excluding carboxylic acids is 1.